The second-order valence-corrected chi connectivity index (χ2v) is 5.84. The van der Waals surface area contributed by atoms with Crippen molar-refractivity contribution in [2.75, 3.05) is 0 Å². The Morgan fingerprint density at radius 1 is 1.06 bits per heavy atom. The standard InChI is InChI=1S/C14H22S2/c1-2-3-9-13(15)11-14(16)10-12-7-5-4-6-8-12/h4-8,13-16H,2-3,9-11H2,1H3. The van der Waals surface area contributed by atoms with Crippen LogP contribution in [-0.4, -0.2) is 10.5 Å². The van der Waals surface area contributed by atoms with E-state index in [0.717, 1.165) is 12.8 Å². The topological polar surface area (TPSA) is 0 Å². The molecule has 0 aliphatic carbocycles. The molecule has 90 valence electrons. The number of thiol groups is 2. The lowest BCUT2D eigenvalue weighted by Gasteiger charge is -2.15. The normalized spacial score (nSPS) is 14.7. The summed E-state index contributed by atoms with van der Waals surface area (Å²) in [7, 11) is 0. The third kappa shape index (κ3) is 5.86. The molecule has 1 aromatic rings. The summed E-state index contributed by atoms with van der Waals surface area (Å²) in [6, 6.07) is 10.6. The first-order valence-corrected chi connectivity index (χ1v) is 7.15. The Hall–Kier alpha value is -0.0800. The number of rotatable bonds is 7. The van der Waals surface area contributed by atoms with E-state index in [0.29, 0.717) is 10.5 Å². The minimum atomic E-state index is 0.432. The monoisotopic (exact) mass is 254 g/mol. The Kier molecular flexibility index (Phi) is 7.06. The van der Waals surface area contributed by atoms with Crippen molar-refractivity contribution in [3.8, 4) is 0 Å². The molecule has 0 saturated carbocycles. The maximum absolute atomic E-state index is 4.65. The third-order valence-electron chi connectivity index (χ3n) is 2.75. The molecule has 16 heavy (non-hydrogen) atoms. The van der Waals surface area contributed by atoms with Gasteiger partial charge in [0.25, 0.3) is 0 Å². The zero-order chi connectivity index (χ0) is 11.8. The van der Waals surface area contributed by atoms with E-state index < -0.39 is 0 Å². The van der Waals surface area contributed by atoms with Crippen LogP contribution >= 0.6 is 25.3 Å². The first-order chi connectivity index (χ1) is 7.72. The van der Waals surface area contributed by atoms with Crippen molar-refractivity contribution >= 4 is 25.3 Å². The zero-order valence-electron chi connectivity index (χ0n) is 9.97. The molecule has 2 unspecified atom stereocenters. The summed E-state index contributed by atoms with van der Waals surface area (Å²) in [5.74, 6) is 0. The highest BCUT2D eigenvalue weighted by atomic mass is 32.1. The molecule has 0 spiro atoms. The van der Waals surface area contributed by atoms with Crippen LogP contribution in [0.2, 0.25) is 0 Å². The molecule has 2 heteroatoms. The van der Waals surface area contributed by atoms with Gasteiger partial charge in [-0.1, -0.05) is 50.1 Å². The van der Waals surface area contributed by atoms with E-state index in [2.05, 4.69) is 62.5 Å². The summed E-state index contributed by atoms with van der Waals surface area (Å²) >= 11 is 9.27. The Morgan fingerprint density at radius 2 is 1.75 bits per heavy atom. The highest BCUT2D eigenvalue weighted by Gasteiger charge is 2.10. The Morgan fingerprint density at radius 3 is 2.38 bits per heavy atom. The van der Waals surface area contributed by atoms with Gasteiger partial charge in [0.2, 0.25) is 0 Å². The summed E-state index contributed by atoms with van der Waals surface area (Å²) in [6.07, 6.45) is 5.90. The van der Waals surface area contributed by atoms with Crippen LogP contribution in [0.1, 0.15) is 38.2 Å². The largest absolute Gasteiger partial charge is 0.176 e. The van der Waals surface area contributed by atoms with Crippen molar-refractivity contribution in [1.82, 2.24) is 0 Å². The number of hydrogen-bond acceptors (Lipinski definition) is 2. The lowest BCUT2D eigenvalue weighted by molar-refractivity contribution is 0.634. The van der Waals surface area contributed by atoms with Gasteiger partial charge in [-0.15, -0.1) is 0 Å². The van der Waals surface area contributed by atoms with Crippen LogP contribution in [-0.2, 0) is 6.42 Å². The summed E-state index contributed by atoms with van der Waals surface area (Å²) in [6.45, 7) is 2.22. The van der Waals surface area contributed by atoms with E-state index >= 15 is 0 Å². The molecule has 0 aliphatic heterocycles. The highest BCUT2D eigenvalue weighted by Crippen LogP contribution is 2.19. The maximum Gasteiger partial charge on any atom is 0.00676 e. The van der Waals surface area contributed by atoms with Gasteiger partial charge in [-0.3, -0.25) is 0 Å². The van der Waals surface area contributed by atoms with Crippen LogP contribution in [0.4, 0.5) is 0 Å². The second-order valence-electron chi connectivity index (χ2n) is 4.38. The molecule has 0 aromatic heterocycles. The molecule has 0 heterocycles. The van der Waals surface area contributed by atoms with Crippen molar-refractivity contribution in [1.29, 1.82) is 0 Å². The molecule has 1 rings (SSSR count). The molecule has 0 bridgehead atoms. The fraction of sp³-hybridized carbons (Fsp3) is 0.571. The van der Waals surface area contributed by atoms with Gasteiger partial charge in [0.05, 0.1) is 0 Å². The van der Waals surface area contributed by atoms with Crippen molar-refractivity contribution in [2.24, 2.45) is 0 Å². The Labute approximate surface area is 111 Å². The summed E-state index contributed by atoms with van der Waals surface area (Å²) < 4.78 is 0. The fourth-order valence-corrected chi connectivity index (χ4v) is 2.91. The van der Waals surface area contributed by atoms with Gasteiger partial charge in [0, 0.05) is 10.5 Å². The molecule has 0 aliphatic rings. The van der Waals surface area contributed by atoms with Gasteiger partial charge in [0.1, 0.15) is 0 Å². The van der Waals surface area contributed by atoms with E-state index in [-0.39, 0.29) is 0 Å². The molecule has 2 atom stereocenters. The van der Waals surface area contributed by atoms with Crippen LogP contribution in [0.5, 0.6) is 0 Å². The summed E-state index contributed by atoms with van der Waals surface area (Å²) in [5.41, 5.74) is 1.37. The molecule has 0 radical (unpaired) electrons. The third-order valence-corrected chi connectivity index (χ3v) is 3.61. The molecule has 1 aromatic carbocycles. The van der Waals surface area contributed by atoms with Crippen LogP contribution in [0.15, 0.2) is 30.3 Å². The number of benzene rings is 1. The second kappa shape index (κ2) is 8.08. The molecular formula is C14H22S2. The van der Waals surface area contributed by atoms with Gasteiger partial charge >= 0.3 is 0 Å². The maximum atomic E-state index is 4.65. The van der Waals surface area contributed by atoms with Gasteiger partial charge in [-0.05, 0) is 24.8 Å². The van der Waals surface area contributed by atoms with E-state index in [1.165, 1.54) is 24.8 Å². The first kappa shape index (κ1) is 14.0. The SMILES string of the molecule is CCCCC(S)CC(S)Cc1ccccc1. The minimum absolute atomic E-state index is 0.432. The van der Waals surface area contributed by atoms with Crippen molar-refractivity contribution in [3.63, 3.8) is 0 Å². The molecule has 0 fully saturated rings. The Balaban J connectivity index is 2.27. The summed E-state index contributed by atoms with van der Waals surface area (Å²) in [4.78, 5) is 0. The van der Waals surface area contributed by atoms with E-state index in [4.69, 9.17) is 0 Å². The van der Waals surface area contributed by atoms with Crippen LogP contribution in [0.3, 0.4) is 0 Å². The Bertz CT molecular complexity index is 271. The van der Waals surface area contributed by atoms with Gasteiger partial charge in [-0.2, -0.15) is 25.3 Å². The minimum Gasteiger partial charge on any atom is -0.176 e. The number of unbranched alkanes of at least 4 members (excludes halogenated alkanes) is 1. The van der Waals surface area contributed by atoms with E-state index in [1.54, 1.807) is 0 Å². The number of hydrogen-bond donors (Lipinski definition) is 2. The molecule has 0 amide bonds. The lowest BCUT2D eigenvalue weighted by Crippen LogP contribution is -2.11. The van der Waals surface area contributed by atoms with Crippen molar-refractivity contribution < 1.29 is 0 Å². The quantitative estimate of drug-likeness (QED) is 0.662. The molecular weight excluding hydrogens is 232 g/mol. The van der Waals surface area contributed by atoms with Crippen molar-refractivity contribution in [3.05, 3.63) is 35.9 Å². The van der Waals surface area contributed by atoms with Gasteiger partial charge in [0.15, 0.2) is 0 Å². The average molecular weight is 254 g/mol. The van der Waals surface area contributed by atoms with E-state index in [1.807, 2.05) is 0 Å². The van der Waals surface area contributed by atoms with Gasteiger partial charge in [-0.25, -0.2) is 0 Å². The van der Waals surface area contributed by atoms with E-state index in [9.17, 15) is 0 Å². The van der Waals surface area contributed by atoms with Crippen LogP contribution in [0.25, 0.3) is 0 Å². The van der Waals surface area contributed by atoms with Crippen LogP contribution in [0, 0.1) is 0 Å². The molecule has 0 saturated heterocycles. The lowest BCUT2D eigenvalue weighted by atomic mass is 10.0. The smallest absolute Gasteiger partial charge is 0.00676 e. The summed E-state index contributed by atoms with van der Waals surface area (Å²) in [5, 5.41) is 0.938. The predicted molar refractivity (Wildman–Crippen MR) is 79.8 cm³/mol. The zero-order valence-corrected chi connectivity index (χ0v) is 11.8. The highest BCUT2D eigenvalue weighted by molar-refractivity contribution is 7.81. The fourth-order valence-electron chi connectivity index (χ4n) is 1.84. The molecule has 0 N–H and O–H groups in total. The predicted octanol–water partition coefficient (Wildman–Crippen LogP) is 4.41. The molecule has 0 nitrogen and oxygen atoms in total. The average Bonchev–Trinajstić information content (AvgIpc) is 2.27. The first-order valence-electron chi connectivity index (χ1n) is 6.12. The van der Waals surface area contributed by atoms with Crippen molar-refractivity contribution in [2.45, 2.75) is 49.5 Å². The van der Waals surface area contributed by atoms with Crippen LogP contribution < -0.4 is 0 Å². The van der Waals surface area contributed by atoms with Gasteiger partial charge < -0.3 is 0 Å².